The Balaban J connectivity index is 2.96. The van der Waals surface area contributed by atoms with Crippen LogP contribution in [-0.2, 0) is 0 Å². The molecule has 0 bridgehead atoms. The molecule has 0 saturated carbocycles. The topological polar surface area (TPSA) is 64.7 Å². The van der Waals surface area contributed by atoms with Gasteiger partial charge in [0.05, 0.1) is 20.3 Å². The second kappa shape index (κ2) is 5.58. The number of benzene rings is 1. The Bertz CT molecular complexity index is 315. The monoisotopic (exact) mass is 211 g/mol. The minimum atomic E-state index is -0.587. The summed E-state index contributed by atoms with van der Waals surface area (Å²) in [4.78, 5) is 0. The molecule has 0 aliphatic heterocycles. The maximum atomic E-state index is 9.80. The molecule has 0 radical (unpaired) electrons. The SMILES string of the molecule is COc1ccc([C@@H](O)CCN)c(OC)c1. The Morgan fingerprint density at radius 3 is 2.60 bits per heavy atom. The van der Waals surface area contributed by atoms with Gasteiger partial charge in [-0.3, -0.25) is 0 Å². The van der Waals surface area contributed by atoms with Crippen molar-refractivity contribution >= 4 is 0 Å². The number of aliphatic hydroxyl groups excluding tert-OH is 1. The standard InChI is InChI=1S/C11H17NO3/c1-14-8-3-4-9(10(13)5-6-12)11(7-8)15-2/h3-4,7,10,13H,5-6,12H2,1-2H3/t10-/m0/s1. The number of rotatable bonds is 5. The van der Waals surface area contributed by atoms with E-state index in [1.165, 1.54) is 0 Å². The molecular weight excluding hydrogens is 194 g/mol. The maximum absolute atomic E-state index is 9.80. The summed E-state index contributed by atoms with van der Waals surface area (Å²) in [6, 6.07) is 5.32. The second-order valence-electron chi connectivity index (χ2n) is 3.20. The molecule has 0 aliphatic rings. The summed E-state index contributed by atoms with van der Waals surface area (Å²) in [5.74, 6) is 1.32. The highest BCUT2D eigenvalue weighted by molar-refractivity contribution is 5.41. The molecule has 0 aromatic heterocycles. The van der Waals surface area contributed by atoms with E-state index in [4.69, 9.17) is 15.2 Å². The van der Waals surface area contributed by atoms with E-state index in [0.29, 0.717) is 24.5 Å². The van der Waals surface area contributed by atoms with E-state index in [1.54, 1.807) is 32.4 Å². The third kappa shape index (κ3) is 2.84. The predicted molar refractivity (Wildman–Crippen MR) is 58.2 cm³/mol. The van der Waals surface area contributed by atoms with E-state index in [-0.39, 0.29) is 0 Å². The summed E-state index contributed by atoms with van der Waals surface area (Å²) >= 11 is 0. The fourth-order valence-electron chi connectivity index (χ4n) is 1.41. The van der Waals surface area contributed by atoms with Gasteiger partial charge in [0.25, 0.3) is 0 Å². The molecule has 1 aromatic carbocycles. The zero-order valence-electron chi connectivity index (χ0n) is 9.06. The first kappa shape index (κ1) is 11.8. The highest BCUT2D eigenvalue weighted by atomic mass is 16.5. The van der Waals surface area contributed by atoms with Crippen LogP contribution in [0.3, 0.4) is 0 Å². The molecule has 3 N–H and O–H groups in total. The third-order valence-electron chi connectivity index (χ3n) is 2.24. The zero-order chi connectivity index (χ0) is 11.3. The van der Waals surface area contributed by atoms with Crippen LogP contribution in [0.15, 0.2) is 18.2 Å². The van der Waals surface area contributed by atoms with E-state index in [2.05, 4.69) is 0 Å². The van der Waals surface area contributed by atoms with Gasteiger partial charge in [-0.25, -0.2) is 0 Å². The van der Waals surface area contributed by atoms with Crippen molar-refractivity contribution in [2.24, 2.45) is 5.73 Å². The molecule has 1 atom stereocenters. The average molecular weight is 211 g/mol. The highest BCUT2D eigenvalue weighted by Gasteiger charge is 2.13. The maximum Gasteiger partial charge on any atom is 0.128 e. The number of ether oxygens (including phenoxy) is 2. The molecule has 1 rings (SSSR count). The van der Waals surface area contributed by atoms with E-state index in [9.17, 15) is 5.11 Å². The molecular formula is C11H17NO3. The lowest BCUT2D eigenvalue weighted by molar-refractivity contribution is 0.166. The summed E-state index contributed by atoms with van der Waals surface area (Å²) in [5, 5.41) is 9.80. The third-order valence-corrected chi connectivity index (χ3v) is 2.24. The predicted octanol–water partition coefficient (Wildman–Crippen LogP) is 1.09. The molecule has 4 nitrogen and oxygen atoms in total. The van der Waals surface area contributed by atoms with Gasteiger partial charge in [-0.05, 0) is 25.1 Å². The van der Waals surface area contributed by atoms with Crippen LogP contribution in [0.4, 0.5) is 0 Å². The Kier molecular flexibility index (Phi) is 4.39. The van der Waals surface area contributed by atoms with Gasteiger partial charge in [-0.2, -0.15) is 0 Å². The number of nitrogens with two attached hydrogens (primary N) is 1. The van der Waals surface area contributed by atoms with Crippen LogP contribution < -0.4 is 15.2 Å². The van der Waals surface area contributed by atoms with Crippen LogP contribution in [-0.4, -0.2) is 25.9 Å². The molecule has 0 saturated heterocycles. The normalized spacial score (nSPS) is 12.3. The van der Waals surface area contributed by atoms with Gasteiger partial charge in [0.2, 0.25) is 0 Å². The first-order valence-corrected chi connectivity index (χ1v) is 4.83. The van der Waals surface area contributed by atoms with Crippen molar-refractivity contribution in [3.05, 3.63) is 23.8 Å². The molecule has 0 fully saturated rings. The smallest absolute Gasteiger partial charge is 0.128 e. The van der Waals surface area contributed by atoms with Gasteiger partial charge < -0.3 is 20.3 Å². The molecule has 84 valence electrons. The fourth-order valence-corrected chi connectivity index (χ4v) is 1.41. The van der Waals surface area contributed by atoms with Gasteiger partial charge >= 0.3 is 0 Å². The lowest BCUT2D eigenvalue weighted by Gasteiger charge is -2.14. The van der Waals surface area contributed by atoms with Crippen molar-refractivity contribution in [1.29, 1.82) is 0 Å². The Morgan fingerprint density at radius 2 is 2.07 bits per heavy atom. The summed E-state index contributed by atoms with van der Waals surface area (Å²) in [6.07, 6.45) is -0.0706. The van der Waals surface area contributed by atoms with Crippen molar-refractivity contribution in [2.45, 2.75) is 12.5 Å². The second-order valence-corrected chi connectivity index (χ2v) is 3.20. The molecule has 0 amide bonds. The fraction of sp³-hybridized carbons (Fsp3) is 0.455. The largest absolute Gasteiger partial charge is 0.497 e. The van der Waals surface area contributed by atoms with Crippen molar-refractivity contribution in [2.75, 3.05) is 20.8 Å². The van der Waals surface area contributed by atoms with Gasteiger partial charge in [-0.1, -0.05) is 0 Å². The molecule has 0 spiro atoms. The van der Waals surface area contributed by atoms with Crippen LogP contribution in [0, 0.1) is 0 Å². The van der Waals surface area contributed by atoms with E-state index >= 15 is 0 Å². The minimum Gasteiger partial charge on any atom is -0.497 e. The van der Waals surface area contributed by atoms with Crippen molar-refractivity contribution < 1.29 is 14.6 Å². The first-order valence-electron chi connectivity index (χ1n) is 4.83. The van der Waals surface area contributed by atoms with Crippen LogP contribution >= 0.6 is 0 Å². The van der Waals surface area contributed by atoms with Gasteiger partial charge in [0, 0.05) is 11.6 Å². The lowest BCUT2D eigenvalue weighted by Crippen LogP contribution is -2.08. The number of hydrogen-bond acceptors (Lipinski definition) is 4. The van der Waals surface area contributed by atoms with E-state index < -0.39 is 6.10 Å². The van der Waals surface area contributed by atoms with Crippen molar-refractivity contribution in [3.8, 4) is 11.5 Å². The summed E-state index contributed by atoms with van der Waals surface area (Å²) < 4.78 is 10.2. The van der Waals surface area contributed by atoms with E-state index in [1.807, 2.05) is 0 Å². The molecule has 0 unspecified atom stereocenters. The van der Waals surface area contributed by atoms with Crippen LogP contribution in [0.2, 0.25) is 0 Å². The summed E-state index contributed by atoms with van der Waals surface area (Å²) in [7, 11) is 3.15. The Labute approximate surface area is 89.6 Å². The molecule has 4 heteroatoms. The number of methoxy groups -OCH3 is 2. The molecule has 0 heterocycles. The van der Waals surface area contributed by atoms with Gasteiger partial charge in [0.1, 0.15) is 11.5 Å². The van der Waals surface area contributed by atoms with Crippen molar-refractivity contribution in [1.82, 2.24) is 0 Å². The Hall–Kier alpha value is -1.26. The van der Waals surface area contributed by atoms with Gasteiger partial charge in [-0.15, -0.1) is 0 Å². The average Bonchev–Trinajstić information content (AvgIpc) is 2.28. The Morgan fingerprint density at radius 1 is 1.33 bits per heavy atom. The van der Waals surface area contributed by atoms with E-state index in [0.717, 1.165) is 5.56 Å². The zero-order valence-corrected chi connectivity index (χ0v) is 9.06. The summed E-state index contributed by atoms with van der Waals surface area (Å²) in [5.41, 5.74) is 6.13. The molecule has 0 aliphatic carbocycles. The lowest BCUT2D eigenvalue weighted by atomic mass is 10.1. The van der Waals surface area contributed by atoms with Gasteiger partial charge in [0.15, 0.2) is 0 Å². The van der Waals surface area contributed by atoms with Crippen LogP contribution in [0.1, 0.15) is 18.1 Å². The van der Waals surface area contributed by atoms with Crippen molar-refractivity contribution in [3.63, 3.8) is 0 Å². The number of aliphatic hydroxyl groups is 1. The molecule has 15 heavy (non-hydrogen) atoms. The van der Waals surface area contributed by atoms with Crippen LogP contribution in [0.5, 0.6) is 11.5 Å². The first-order chi connectivity index (χ1) is 7.22. The number of hydrogen-bond donors (Lipinski definition) is 2. The minimum absolute atomic E-state index is 0.441. The molecule has 1 aromatic rings. The van der Waals surface area contributed by atoms with Crippen LogP contribution in [0.25, 0.3) is 0 Å². The quantitative estimate of drug-likeness (QED) is 0.765. The summed E-state index contributed by atoms with van der Waals surface area (Å²) in [6.45, 7) is 0.441. The highest BCUT2D eigenvalue weighted by Crippen LogP contribution is 2.30.